The normalized spacial score (nSPS) is 12.2. The van der Waals surface area contributed by atoms with Crippen molar-refractivity contribution in [3.8, 4) is 0 Å². The number of ether oxygens (including phenoxy) is 1. The Morgan fingerprint density at radius 1 is 1.61 bits per heavy atom. The first kappa shape index (κ1) is 14.7. The third kappa shape index (κ3) is 4.50. The van der Waals surface area contributed by atoms with Crippen molar-refractivity contribution in [3.05, 3.63) is 5.89 Å². The lowest BCUT2D eigenvalue weighted by atomic mass is 10.5. The van der Waals surface area contributed by atoms with Crippen molar-refractivity contribution in [2.75, 3.05) is 38.8 Å². The maximum absolute atomic E-state index is 11.5. The molecule has 0 radical (unpaired) electrons. The summed E-state index contributed by atoms with van der Waals surface area (Å²) >= 11 is 5.80. The Bertz CT molecular complexity index is 383. The molecule has 0 aliphatic carbocycles. The Morgan fingerprint density at radius 3 is 2.89 bits per heavy atom. The monoisotopic (exact) mass is 276 g/mol. The second-order valence-corrected chi connectivity index (χ2v) is 4.39. The number of nitrogens with one attached hydrogen (secondary N) is 1. The fourth-order valence-electron chi connectivity index (χ4n) is 1.17. The molecule has 0 saturated carbocycles. The van der Waals surface area contributed by atoms with Gasteiger partial charge >= 0.3 is 6.01 Å². The molecule has 8 heteroatoms. The summed E-state index contributed by atoms with van der Waals surface area (Å²) in [6.07, 6.45) is 0. The summed E-state index contributed by atoms with van der Waals surface area (Å²) in [6, 6.07) is 0.263. The fourth-order valence-corrected chi connectivity index (χ4v) is 1.26. The van der Waals surface area contributed by atoms with Crippen LogP contribution in [-0.4, -0.2) is 50.0 Å². The Kier molecular flexibility index (Phi) is 5.87. The summed E-state index contributed by atoms with van der Waals surface area (Å²) < 4.78 is 10.1. The molecular weight excluding hydrogens is 260 g/mol. The van der Waals surface area contributed by atoms with Gasteiger partial charge in [0.25, 0.3) is 0 Å². The van der Waals surface area contributed by atoms with E-state index >= 15 is 0 Å². The fraction of sp³-hybridized carbons (Fsp3) is 0.700. The van der Waals surface area contributed by atoms with E-state index in [-0.39, 0.29) is 23.8 Å². The van der Waals surface area contributed by atoms with Gasteiger partial charge in [-0.05, 0) is 6.92 Å². The van der Waals surface area contributed by atoms with E-state index in [1.54, 1.807) is 26.0 Å². The van der Waals surface area contributed by atoms with Gasteiger partial charge in [0, 0.05) is 20.7 Å². The van der Waals surface area contributed by atoms with Gasteiger partial charge < -0.3 is 19.4 Å². The van der Waals surface area contributed by atoms with Crippen LogP contribution < -0.4 is 10.2 Å². The van der Waals surface area contributed by atoms with Gasteiger partial charge in [-0.1, -0.05) is 5.10 Å². The van der Waals surface area contributed by atoms with Crippen LogP contribution in [0.1, 0.15) is 18.2 Å². The largest absolute Gasteiger partial charge is 0.406 e. The topological polar surface area (TPSA) is 80.5 Å². The number of rotatable bonds is 7. The third-order valence-corrected chi connectivity index (χ3v) is 2.29. The van der Waals surface area contributed by atoms with Crippen LogP contribution in [0, 0.1) is 0 Å². The lowest BCUT2D eigenvalue weighted by molar-refractivity contribution is -0.119. The number of aromatic nitrogens is 2. The van der Waals surface area contributed by atoms with E-state index in [2.05, 4.69) is 15.5 Å². The van der Waals surface area contributed by atoms with E-state index in [1.165, 1.54) is 0 Å². The molecular formula is C10H17ClN4O3. The highest BCUT2D eigenvalue weighted by molar-refractivity contribution is 6.20. The van der Waals surface area contributed by atoms with Crippen molar-refractivity contribution in [1.29, 1.82) is 0 Å². The molecule has 1 aromatic rings. The Balaban J connectivity index is 2.43. The van der Waals surface area contributed by atoms with Crippen molar-refractivity contribution in [2.45, 2.75) is 12.3 Å². The van der Waals surface area contributed by atoms with Crippen LogP contribution in [0.25, 0.3) is 0 Å². The van der Waals surface area contributed by atoms with Crippen LogP contribution in [0.15, 0.2) is 4.42 Å². The number of methoxy groups -OCH3 is 1. The number of anilines is 1. The molecule has 18 heavy (non-hydrogen) atoms. The molecule has 1 amide bonds. The number of halogens is 1. The SMILES string of the molecule is COCCNC(=O)CN(C)c1nnc(C(C)Cl)o1. The Morgan fingerprint density at radius 2 is 2.33 bits per heavy atom. The second-order valence-electron chi connectivity index (χ2n) is 3.74. The first-order valence-corrected chi connectivity index (χ1v) is 5.92. The smallest absolute Gasteiger partial charge is 0.318 e. The minimum absolute atomic E-state index is 0.127. The van der Waals surface area contributed by atoms with Crippen molar-refractivity contribution in [3.63, 3.8) is 0 Å². The first-order chi connectivity index (χ1) is 8.54. The Hall–Kier alpha value is -1.34. The van der Waals surface area contributed by atoms with E-state index in [0.29, 0.717) is 19.0 Å². The molecule has 1 heterocycles. The molecule has 7 nitrogen and oxygen atoms in total. The molecule has 1 rings (SSSR count). The van der Waals surface area contributed by atoms with Crippen molar-refractivity contribution in [1.82, 2.24) is 15.5 Å². The summed E-state index contributed by atoms with van der Waals surface area (Å²) in [6.45, 7) is 2.80. The predicted molar refractivity (Wildman–Crippen MR) is 66.7 cm³/mol. The van der Waals surface area contributed by atoms with Crippen LogP contribution in [0.3, 0.4) is 0 Å². The van der Waals surface area contributed by atoms with Gasteiger partial charge in [0.2, 0.25) is 11.8 Å². The van der Waals surface area contributed by atoms with E-state index < -0.39 is 0 Å². The molecule has 0 spiro atoms. The van der Waals surface area contributed by atoms with Gasteiger partial charge in [-0.25, -0.2) is 0 Å². The number of likely N-dealkylation sites (N-methyl/N-ethyl adjacent to an activating group) is 1. The van der Waals surface area contributed by atoms with Crippen LogP contribution in [0.4, 0.5) is 6.01 Å². The predicted octanol–water partition coefficient (Wildman–Crippen LogP) is 0.568. The minimum Gasteiger partial charge on any atom is -0.406 e. The molecule has 0 bridgehead atoms. The summed E-state index contributed by atoms with van der Waals surface area (Å²) in [5.41, 5.74) is 0. The van der Waals surface area contributed by atoms with Crippen molar-refractivity contribution < 1.29 is 13.9 Å². The van der Waals surface area contributed by atoms with Crippen LogP contribution in [-0.2, 0) is 9.53 Å². The van der Waals surface area contributed by atoms with Crippen molar-refractivity contribution >= 4 is 23.5 Å². The number of hydrogen-bond donors (Lipinski definition) is 1. The highest BCUT2D eigenvalue weighted by Crippen LogP contribution is 2.20. The molecule has 0 fully saturated rings. The molecule has 1 aromatic heterocycles. The minimum atomic E-state index is -0.352. The van der Waals surface area contributed by atoms with Gasteiger partial charge in [-0.2, -0.15) is 0 Å². The summed E-state index contributed by atoms with van der Waals surface area (Å²) in [4.78, 5) is 13.1. The molecule has 1 N–H and O–H groups in total. The molecule has 0 aliphatic rings. The second kappa shape index (κ2) is 7.17. The first-order valence-electron chi connectivity index (χ1n) is 5.48. The highest BCUT2D eigenvalue weighted by Gasteiger charge is 2.16. The highest BCUT2D eigenvalue weighted by atomic mass is 35.5. The lowest BCUT2D eigenvalue weighted by Gasteiger charge is -2.13. The van der Waals surface area contributed by atoms with Gasteiger partial charge in [0.1, 0.15) is 11.9 Å². The molecule has 1 unspecified atom stereocenters. The average molecular weight is 277 g/mol. The van der Waals surface area contributed by atoms with E-state index in [9.17, 15) is 4.79 Å². The van der Waals surface area contributed by atoms with Crippen molar-refractivity contribution in [2.24, 2.45) is 0 Å². The lowest BCUT2D eigenvalue weighted by Crippen LogP contribution is -2.36. The number of carbonyl (C=O) groups is 1. The zero-order valence-corrected chi connectivity index (χ0v) is 11.4. The summed E-state index contributed by atoms with van der Waals surface area (Å²) in [7, 11) is 3.26. The molecule has 0 saturated heterocycles. The van der Waals surface area contributed by atoms with Gasteiger partial charge in [0.05, 0.1) is 6.61 Å². The number of hydrogen-bond acceptors (Lipinski definition) is 6. The number of nitrogens with zero attached hydrogens (tertiary/aromatic N) is 3. The maximum atomic E-state index is 11.5. The third-order valence-electron chi connectivity index (χ3n) is 2.11. The molecule has 0 aromatic carbocycles. The molecule has 0 aliphatic heterocycles. The quantitative estimate of drug-likeness (QED) is 0.579. The maximum Gasteiger partial charge on any atom is 0.318 e. The van der Waals surface area contributed by atoms with Crippen LogP contribution >= 0.6 is 11.6 Å². The van der Waals surface area contributed by atoms with E-state index in [1.807, 2.05) is 0 Å². The zero-order valence-electron chi connectivity index (χ0n) is 10.6. The number of alkyl halides is 1. The van der Waals surface area contributed by atoms with Crippen LogP contribution in [0.5, 0.6) is 0 Å². The van der Waals surface area contributed by atoms with Gasteiger partial charge in [-0.3, -0.25) is 4.79 Å². The Labute approximate surface area is 110 Å². The summed E-state index contributed by atoms with van der Waals surface area (Å²) in [5, 5.41) is 9.93. The number of carbonyl (C=O) groups excluding carboxylic acids is 1. The van der Waals surface area contributed by atoms with E-state index in [0.717, 1.165) is 0 Å². The number of amides is 1. The standard InChI is InChI=1S/C10H17ClN4O3/c1-7(11)9-13-14-10(18-9)15(2)6-8(16)12-4-5-17-3/h7H,4-6H2,1-3H3,(H,12,16). The molecule has 1 atom stereocenters. The molecule has 102 valence electrons. The average Bonchev–Trinajstić information content (AvgIpc) is 2.78. The summed E-state index contributed by atoms with van der Waals surface area (Å²) in [5.74, 6) is 0.187. The van der Waals surface area contributed by atoms with Gasteiger partial charge in [0.15, 0.2) is 0 Å². The van der Waals surface area contributed by atoms with E-state index in [4.69, 9.17) is 20.8 Å². The van der Waals surface area contributed by atoms with Gasteiger partial charge in [-0.15, -0.1) is 16.7 Å². The van der Waals surface area contributed by atoms with Crippen LogP contribution in [0.2, 0.25) is 0 Å². The zero-order chi connectivity index (χ0) is 13.5.